The van der Waals surface area contributed by atoms with E-state index in [1.165, 1.54) is 11.1 Å². The highest BCUT2D eigenvalue weighted by Gasteiger charge is 2.18. The minimum atomic E-state index is -0.311. The van der Waals surface area contributed by atoms with Crippen LogP contribution in [0.1, 0.15) is 50.0 Å². The number of ether oxygens (including phenoxy) is 1. The highest BCUT2D eigenvalue weighted by Crippen LogP contribution is 2.23. The van der Waals surface area contributed by atoms with Crippen molar-refractivity contribution in [2.75, 3.05) is 5.32 Å². The Morgan fingerprint density at radius 3 is 2.45 bits per heavy atom. The Balaban J connectivity index is 1.43. The summed E-state index contributed by atoms with van der Waals surface area (Å²) >= 11 is 0. The lowest BCUT2D eigenvalue weighted by Gasteiger charge is -2.09. The van der Waals surface area contributed by atoms with Crippen LogP contribution in [0.5, 0.6) is 5.75 Å². The van der Waals surface area contributed by atoms with E-state index in [1.807, 2.05) is 56.6 Å². The molecule has 1 amide bonds. The van der Waals surface area contributed by atoms with Gasteiger partial charge in [-0.1, -0.05) is 30.3 Å². The number of aryl methyl sites for hydroxylation is 4. The molecule has 0 saturated carbocycles. The van der Waals surface area contributed by atoms with E-state index in [9.17, 15) is 4.79 Å². The fourth-order valence-electron chi connectivity index (χ4n) is 3.90. The predicted molar refractivity (Wildman–Crippen MR) is 129 cm³/mol. The van der Waals surface area contributed by atoms with Gasteiger partial charge in [-0.05, 0) is 81.1 Å². The summed E-state index contributed by atoms with van der Waals surface area (Å²) in [6, 6.07) is 17.7. The number of benzene rings is 2. The van der Waals surface area contributed by atoms with Crippen LogP contribution >= 0.6 is 0 Å². The Bertz CT molecular complexity index is 1280. The van der Waals surface area contributed by atoms with Crippen LogP contribution in [0.3, 0.4) is 0 Å². The number of aromatic nitrogens is 2. The molecular formula is C27H29N3O3. The summed E-state index contributed by atoms with van der Waals surface area (Å²) < 4.78 is 13.5. The number of nitrogens with zero attached hydrogens (tertiary/aromatic N) is 2. The standard InChI is InChI=1S/C27H29N3O3/c1-17-12-18(2)14-24(13-17)32-16-23-10-11-25(33-23)27(31)28-26-20(4)29-30(21(26)5)15-22-9-7-6-8-19(22)3/h6-14H,15-16H2,1-5H3,(H,28,31). The zero-order chi connectivity index (χ0) is 23.5. The molecule has 0 spiro atoms. The van der Waals surface area contributed by atoms with Gasteiger partial charge in [-0.3, -0.25) is 9.48 Å². The number of hydrogen-bond donors (Lipinski definition) is 1. The van der Waals surface area contributed by atoms with Crippen LogP contribution in [0.25, 0.3) is 0 Å². The van der Waals surface area contributed by atoms with Gasteiger partial charge in [0, 0.05) is 0 Å². The van der Waals surface area contributed by atoms with Gasteiger partial charge < -0.3 is 14.5 Å². The van der Waals surface area contributed by atoms with E-state index in [0.29, 0.717) is 18.0 Å². The van der Waals surface area contributed by atoms with Gasteiger partial charge in [0.1, 0.15) is 18.1 Å². The van der Waals surface area contributed by atoms with Crippen LogP contribution in [-0.2, 0) is 13.2 Å². The van der Waals surface area contributed by atoms with Gasteiger partial charge in [-0.15, -0.1) is 0 Å². The molecule has 0 unspecified atom stereocenters. The molecule has 2 heterocycles. The lowest BCUT2D eigenvalue weighted by molar-refractivity contribution is 0.0992. The predicted octanol–water partition coefficient (Wildman–Crippen LogP) is 5.90. The molecule has 170 valence electrons. The second-order valence-corrected chi connectivity index (χ2v) is 8.46. The van der Waals surface area contributed by atoms with Crippen molar-refractivity contribution in [3.8, 4) is 5.75 Å². The van der Waals surface area contributed by atoms with Crippen molar-refractivity contribution in [1.82, 2.24) is 9.78 Å². The maximum absolute atomic E-state index is 12.8. The van der Waals surface area contributed by atoms with E-state index >= 15 is 0 Å². The fraction of sp³-hybridized carbons (Fsp3) is 0.259. The van der Waals surface area contributed by atoms with Gasteiger partial charge in [0.25, 0.3) is 5.91 Å². The third-order valence-corrected chi connectivity index (χ3v) is 5.66. The molecule has 1 N–H and O–H groups in total. The molecule has 6 nitrogen and oxygen atoms in total. The molecule has 0 aliphatic heterocycles. The molecule has 4 rings (SSSR count). The molecule has 2 aromatic carbocycles. The average Bonchev–Trinajstić information content (AvgIpc) is 3.34. The topological polar surface area (TPSA) is 69.3 Å². The van der Waals surface area contributed by atoms with Crippen LogP contribution in [0.15, 0.2) is 59.0 Å². The number of furan rings is 1. The van der Waals surface area contributed by atoms with E-state index in [0.717, 1.165) is 28.3 Å². The molecule has 0 aliphatic rings. The number of anilines is 1. The summed E-state index contributed by atoms with van der Waals surface area (Å²) in [6.45, 7) is 10.9. The Kier molecular flexibility index (Phi) is 6.36. The summed E-state index contributed by atoms with van der Waals surface area (Å²) in [5.41, 5.74) is 7.05. The Hall–Kier alpha value is -3.80. The van der Waals surface area contributed by atoms with Crippen LogP contribution in [0.4, 0.5) is 5.69 Å². The largest absolute Gasteiger partial charge is 0.486 e. The van der Waals surface area contributed by atoms with Gasteiger partial charge in [0.2, 0.25) is 0 Å². The molecule has 33 heavy (non-hydrogen) atoms. The van der Waals surface area contributed by atoms with Crippen LogP contribution in [-0.4, -0.2) is 15.7 Å². The lowest BCUT2D eigenvalue weighted by atomic mass is 10.1. The first-order valence-electron chi connectivity index (χ1n) is 11.0. The van der Waals surface area contributed by atoms with Crippen molar-refractivity contribution < 1.29 is 13.9 Å². The van der Waals surface area contributed by atoms with Crippen LogP contribution in [0, 0.1) is 34.6 Å². The number of amides is 1. The van der Waals surface area contributed by atoms with Crippen molar-refractivity contribution in [2.45, 2.75) is 47.8 Å². The molecule has 0 atom stereocenters. The highest BCUT2D eigenvalue weighted by atomic mass is 16.5. The smallest absolute Gasteiger partial charge is 0.291 e. The van der Waals surface area contributed by atoms with E-state index in [1.54, 1.807) is 12.1 Å². The molecule has 0 radical (unpaired) electrons. The fourth-order valence-corrected chi connectivity index (χ4v) is 3.90. The van der Waals surface area contributed by atoms with Gasteiger partial charge >= 0.3 is 0 Å². The van der Waals surface area contributed by atoms with E-state index in [-0.39, 0.29) is 18.3 Å². The van der Waals surface area contributed by atoms with Crippen molar-refractivity contribution in [2.24, 2.45) is 0 Å². The lowest BCUT2D eigenvalue weighted by Crippen LogP contribution is -2.12. The first kappa shape index (κ1) is 22.4. The van der Waals surface area contributed by atoms with E-state index in [2.05, 4.69) is 35.5 Å². The molecule has 0 saturated heterocycles. The second kappa shape index (κ2) is 9.36. The number of carbonyl (C=O) groups excluding carboxylic acids is 1. The third kappa shape index (κ3) is 5.17. The molecule has 0 bridgehead atoms. The first-order valence-corrected chi connectivity index (χ1v) is 11.0. The van der Waals surface area contributed by atoms with E-state index < -0.39 is 0 Å². The number of hydrogen-bond acceptors (Lipinski definition) is 4. The maximum Gasteiger partial charge on any atom is 0.291 e. The van der Waals surface area contributed by atoms with Gasteiger partial charge in [-0.25, -0.2) is 0 Å². The van der Waals surface area contributed by atoms with Crippen LogP contribution in [0.2, 0.25) is 0 Å². The van der Waals surface area contributed by atoms with Crippen molar-refractivity contribution in [3.05, 3.63) is 99.8 Å². The third-order valence-electron chi connectivity index (χ3n) is 5.66. The molecule has 4 aromatic rings. The summed E-state index contributed by atoms with van der Waals surface area (Å²) in [7, 11) is 0. The summed E-state index contributed by atoms with van der Waals surface area (Å²) in [4.78, 5) is 12.8. The van der Waals surface area contributed by atoms with Crippen molar-refractivity contribution >= 4 is 11.6 Å². The average molecular weight is 444 g/mol. The maximum atomic E-state index is 12.8. The quantitative estimate of drug-likeness (QED) is 0.386. The van der Waals surface area contributed by atoms with Gasteiger partial charge in [0.05, 0.1) is 23.6 Å². The molecule has 0 fully saturated rings. The first-order chi connectivity index (χ1) is 15.8. The van der Waals surface area contributed by atoms with Crippen LogP contribution < -0.4 is 10.1 Å². The van der Waals surface area contributed by atoms with Gasteiger partial charge in [-0.2, -0.15) is 5.10 Å². The monoisotopic (exact) mass is 443 g/mol. The Labute approximate surface area is 194 Å². The molecule has 0 aliphatic carbocycles. The van der Waals surface area contributed by atoms with Crippen molar-refractivity contribution in [1.29, 1.82) is 0 Å². The summed E-state index contributed by atoms with van der Waals surface area (Å²) in [5.74, 6) is 1.29. The normalized spacial score (nSPS) is 10.9. The molecular weight excluding hydrogens is 414 g/mol. The SMILES string of the molecule is Cc1cc(C)cc(OCc2ccc(C(=O)Nc3c(C)nn(Cc4ccccc4C)c3C)o2)c1. The zero-order valence-corrected chi connectivity index (χ0v) is 19.7. The Morgan fingerprint density at radius 1 is 1.00 bits per heavy atom. The van der Waals surface area contributed by atoms with E-state index in [4.69, 9.17) is 9.15 Å². The number of nitrogens with one attached hydrogen (secondary N) is 1. The molecule has 6 heteroatoms. The molecule has 2 aromatic heterocycles. The number of rotatable bonds is 7. The zero-order valence-electron chi connectivity index (χ0n) is 19.7. The number of carbonyl (C=O) groups is 1. The highest BCUT2D eigenvalue weighted by molar-refractivity contribution is 6.02. The van der Waals surface area contributed by atoms with Gasteiger partial charge in [0.15, 0.2) is 5.76 Å². The minimum absolute atomic E-state index is 0.236. The second-order valence-electron chi connectivity index (χ2n) is 8.46. The minimum Gasteiger partial charge on any atom is -0.486 e. The Morgan fingerprint density at radius 2 is 1.73 bits per heavy atom. The van der Waals surface area contributed by atoms with Crippen molar-refractivity contribution in [3.63, 3.8) is 0 Å². The summed E-state index contributed by atoms with van der Waals surface area (Å²) in [5, 5.41) is 7.59. The summed E-state index contributed by atoms with van der Waals surface area (Å²) in [6.07, 6.45) is 0.